The van der Waals surface area contributed by atoms with Gasteiger partial charge in [-0.05, 0) is 45.5 Å². The maximum Gasteiger partial charge on any atom is 0.410 e. The average molecular weight is 269 g/mol. The summed E-state index contributed by atoms with van der Waals surface area (Å²) in [6, 6.07) is 0.444. The number of fused-ring (bicyclic) bond motifs is 2. The Labute approximate surface area is 110 Å². The van der Waals surface area contributed by atoms with Gasteiger partial charge in [0.05, 0.1) is 18.4 Å². The van der Waals surface area contributed by atoms with Crippen molar-refractivity contribution in [3.05, 3.63) is 11.8 Å². The van der Waals surface area contributed by atoms with Gasteiger partial charge in [0.2, 0.25) is 8.32 Å². The molecule has 0 saturated carbocycles. The van der Waals surface area contributed by atoms with Crippen LogP contribution in [-0.2, 0) is 9.16 Å². The first kappa shape index (κ1) is 13.5. The van der Waals surface area contributed by atoms with Gasteiger partial charge in [-0.3, -0.25) is 4.90 Å². The molecule has 2 aliphatic heterocycles. The fourth-order valence-corrected chi connectivity index (χ4v) is 3.68. The Bertz CT molecular complexity index is 362. The van der Waals surface area contributed by atoms with Crippen LogP contribution in [-0.4, -0.2) is 38.0 Å². The summed E-state index contributed by atoms with van der Waals surface area (Å²) in [5.74, 6) is 1.09. The molecule has 0 unspecified atom stereocenters. The molecule has 18 heavy (non-hydrogen) atoms. The third kappa shape index (κ3) is 2.88. The second-order valence-corrected chi connectivity index (χ2v) is 10.4. The van der Waals surface area contributed by atoms with Crippen LogP contribution in [0.2, 0.25) is 19.6 Å². The van der Waals surface area contributed by atoms with Crippen LogP contribution < -0.4 is 0 Å². The lowest BCUT2D eigenvalue weighted by atomic mass is 10.1. The number of rotatable bonds is 3. The Morgan fingerprint density at radius 2 is 2.17 bits per heavy atom. The van der Waals surface area contributed by atoms with Crippen molar-refractivity contribution < 1.29 is 14.0 Å². The zero-order valence-corrected chi connectivity index (χ0v) is 12.7. The first-order chi connectivity index (χ1) is 8.40. The molecule has 2 rings (SSSR count). The highest BCUT2D eigenvalue weighted by atomic mass is 28.4. The average Bonchev–Trinajstić information content (AvgIpc) is 2.49. The first-order valence-electron chi connectivity index (χ1n) is 6.75. The van der Waals surface area contributed by atoms with Crippen LogP contribution in [0.1, 0.15) is 26.2 Å². The van der Waals surface area contributed by atoms with Crippen LogP contribution >= 0.6 is 0 Å². The molecule has 1 amide bonds. The summed E-state index contributed by atoms with van der Waals surface area (Å²) in [4.78, 5) is 13.8. The molecule has 0 aromatic carbocycles. The molecule has 0 aromatic heterocycles. The van der Waals surface area contributed by atoms with Gasteiger partial charge in [-0.1, -0.05) is 0 Å². The highest BCUT2D eigenvalue weighted by Crippen LogP contribution is 2.36. The molecule has 0 aliphatic carbocycles. The number of amides is 1. The quantitative estimate of drug-likeness (QED) is 0.739. The van der Waals surface area contributed by atoms with E-state index in [1.165, 1.54) is 0 Å². The molecule has 0 aromatic rings. The minimum absolute atomic E-state index is 0.173. The van der Waals surface area contributed by atoms with Gasteiger partial charge in [0, 0.05) is 12.5 Å². The van der Waals surface area contributed by atoms with Crippen LogP contribution in [0.25, 0.3) is 0 Å². The molecule has 1 saturated heterocycles. The predicted molar refractivity (Wildman–Crippen MR) is 72.8 cm³/mol. The molecule has 2 aliphatic rings. The van der Waals surface area contributed by atoms with Crippen LogP contribution in [0.5, 0.6) is 0 Å². The summed E-state index contributed by atoms with van der Waals surface area (Å²) in [5, 5.41) is 0. The topological polar surface area (TPSA) is 38.8 Å². The molecule has 102 valence electrons. The molecule has 0 spiro atoms. The van der Waals surface area contributed by atoms with Crippen molar-refractivity contribution in [1.82, 2.24) is 4.90 Å². The SMILES string of the molecule is CCOC(=O)N1[C@@H]2CC[C@H]1C=C(O[Si](C)(C)C)C2. The summed E-state index contributed by atoms with van der Waals surface area (Å²) in [6.45, 7) is 8.85. The van der Waals surface area contributed by atoms with Crippen LogP contribution in [0.15, 0.2) is 11.8 Å². The zero-order valence-electron chi connectivity index (χ0n) is 11.7. The minimum atomic E-state index is -1.54. The molecule has 0 radical (unpaired) electrons. The van der Waals surface area contributed by atoms with Gasteiger partial charge in [0.1, 0.15) is 0 Å². The Morgan fingerprint density at radius 3 is 2.72 bits per heavy atom. The van der Waals surface area contributed by atoms with Crippen molar-refractivity contribution in [3.63, 3.8) is 0 Å². The third-order valence-corrected chi connectivity index (χ3v) is 4.15. The number of nitrogens with zero attached hydrogens (tertiary/aromatic N) is 1. The molecule has 2 bridgehead atoms. The standard InChI is InChI=1S/C13H23NO3Si/c1-5-16-13(15)14-10-6-7-11(14)9-12(8-10)17-18(2,3)4/h8,10-11H,5-7,9H2,1-4H3/t10-,11+/m0/s1. The van der Waals surface area contributed by atoms with E-state index in [9.17, 15) is 4.79 Å². The number of hydrogen-bond donors (Lipinski definition) is 0. The van der Waals surface area contributed by atoms with E-state index in [4.69, 9.17) is 9.16 Å². The largest absolute Gasteiger partial charge is 0.547 e. The van der Waals surface area contributed by atoms with Crippen molar-refractivity contribution in [2.24, 2.45) is 0 Å². The van der Waals surface area contributed by atoms with E-state index in [0.717, 1.165) is 25.0 Å². The number of ether oxygens (including phenoxy) is 1. The third-order valence-electron chi connectivity index (χ3n) is 3.28. The lowest BCUT2D eigenvalue weighted by molar-refractivity contribution is 0.0881. The first-order valence-corrected chi connectivity index (χ1v) is 10.2. The van der Waals surface area contributed by atoms with Gasteiger partial charge in [-0.2, -0.15) is 0 Å². The summed E-state index contributed by atoms with van der Waals surface area (Å²) in [5.41, 5.74) is 0. The van der Waals surface area contributed by atoms with Crippen LogP contribution in [0.4, 0.5) is 4.79 Å². The van der Waals surface area contributed by atoms with E-state index >= 15 is 0 Å². The highest BCUT2D eigenvalue weighted by molar-refractivity contribution is 6.70. The van der Waals surface area contributed by atoms with E-state index in [2.05, 4.69) is 25.7 Å². The summed E-state index contributed by atoms with van der Waals surface area (Å²) >= 11 is 0. The lowest BCUT2D eigenvalue weighted by Crippen LogP contribution is -2.44. The van der Waals surface area contributed by atoms with Gasteiger partial charge in [-0.15, -0.1) is 0 Å². The van der Waals surface area contributed by atoms with Crippen molar-refractivity contribution in [1.29, 1.82) is 0 Å². The van der Waals surface area contributed by atoms with E-state index in [1.807, 2.05) is 11.8 Å². The van der Waals surface area contributed by atoms with Gasteiger partial charge in [0.25, 0.3) is 0 Å². The molecule has 2 heterocycles. The Morgan fingerprint density at radius 1 is 1.44 bits per heavy atom. The highest BCUT2D eigenvalue weighted by Gasteiger charge is 2.41. The summed E-state index contributed by atoms with van der Waals surface area (Å²) in [7, 11) is -1.54. The molecular weight excluding hydrogens is 246 g/mol. The van der Waals surface area contributed by atoms with Crippen molar-refractivity contribution in [3.8, 4) is 0 Å². The van der Waals surface area contributed by atoms with Crippen LogP contribution in [0.3, 0.4) is 0 Å². The molecule has 1 fully saturated rings. The molecule has 0 N–H and O–H groups in total. The molecule has 5 heteroatoms. The number of carbonyl (C=O) groups is 1. The van der Waals surface area contributed by atoms with Crippen LogP contribution in [0, 0.1) is 0 Å². The Hall–Kier alpha value is -0.973. The van der Waals surface area contributed by atoms with Crippen molar-refractivity contribution >= 4 is 14.4 Å². The van der Waals surface area contributed by atoms with Gasteiger partial charge < -0.3 is 9.16 Å². The number of hydrogen-bond acceptors (Lipinski definition) is 3. The number of carbonyl (C=O) groups excluding carboxylic acids is 1. The second kappa shape index (κ2) is 4.95. The molecule has 2 atom stereocenters. The normalized spacial score (nSPS) is 26.9. The van der Waals surface area contributed by atoms with Gasteiger partial charge >= 0.3 is 6.09 Å². The lowest BCUT2D eigenvalue weighted by Gasteiger charge is -2.34. The van der Waals surface area contributed by atoms with Gasteiger partial charge in [0.15, 0.2) is 0 Å². The summed E-state index contributed by atoms with van der Waals surface area (Å²) < 4.78 is 11.2. The van der Waals surface area contributed by atoms with E-state index in [0.29, 0.717) is 6.61 Å². The van der Waals surface area contributed by atoms with E-state index in [1.54, 1.807) is 0 Å². The second-order valence-electron chi connectivity index (χ2n) is 5.96. The summed E-state index contributed by atoms with van der Waals surface area (Å²) in [6.07, 6.45) is 4.88. The Kier molecular flexibility index (Phi) is 3.70. The van der Waals surface area contributed by atoms with E-state index in [-0.39, 0.29) is 18.2 Å². The van der Waals surface area contributed by atoms with E-state index < -0.39 is 8.32 Å². The molecular formula is C13H23NO3Si. The maximum absolute atomic E-state index is 11.9. The van der Waals surface area contributed by atoms with Crippen molar-refractivity contribution in [2.45, 2.75) is 57.9 Å². The minimum Gasteiger partial charge on any atom is -0.547 e. The fourth-order valence-electron chi connectivity index (χ4n) is 2.74. The smallest absolute Gasteiger partial charge is 0.410 e. The van der Waals surface area contributed by atoms with Crippen molar-refractivity contribution in [2.75, 3.05) is 6.61 Å². The zero-order chi connectivity index (χ0) is 13.3. The fraction of sp³-hybridized carbons (Fsp3) is 0.769. The van der Waals surface area contributed by atoms with Gasteiger partial charge in [-0.25, -0.2) is 4.79 Å². The maximum atomic E-state index is 11.9. The Balaban J connectivity index is 2.07. The monoisotopic (exact) mass is 269 g/mol. The predicted octanol–water partition coefficient (Wildman–Crippen LogP) is 3.12. The molecule has 4 nitrogen and oxygen atoms in total.